The van der Waals surface area contributed by atoms with Gasteiger partial charge in [-0.15, -0.1) is 0 Å². The lowest BCUT2D eigenvalue weighted by Gasteiger charge is -2.26. The summed E-state index contributed by atoms with van der Waals surface area (Å²) in [5, 5.41) is 7.13. The molecule has 0 bridgehead atoms. The van der Waals surface area contributed by atoms with Crippen molar-refractivity contribution in [3.63, 3.8) is 0 Å². The molecule has 0 fully saturated rings. The van der Waals surface area contributed by atoms with Crippen molar-refractivity contribution in [1.29, 1.82) is 0 Å². The highest BCUT2D eigenvalue weighted by atomic mass is 16.3. The fourth-order valence-electron chi connectivity index (χ4n) is 8.28. The van der Waals surface area contributed by atoms with E-state index in [4.69, 9.17) is 4.42 Å². The van der Waals surface area contributed by atoms with Crippen LogP contribution < -0.4 is 4.90 Å². The van der Waals surface area contributed by atoms with Crippen LogP contribution in [0.1, 0.15) is 0 Å². The van der Waals surface area contributed by atoms with Gasteiger partial charge in [-0.05, 0) is 112 Å². The van der Waals surface area contributed by atoms with Crippen LogP contribution in [0.2, 0.25) is 0 Å². The average molecular weight is 703 g/mol. The number of hydrogen-bond acceptors (Lipinski definition) is 2. The molecule has 11 rings (SSSR count). The first kappa shape index (κ1) is 31.2. The summed E-state index contributed by atoms with van der Waals surface area (Å²) in [6.07, 6.45) is 0. The Labute approximate surface area is 318 Å². The zero-order valence-electron chi connectivity index (χ0n) is 29.9. The summed E-state index contributed by atoms with van der Waals surface area (Å²) in [4.78, 5) is 2.34. The summed E-state index contributed by atoms with van der Waals surface area (Å²) in [6, 6.07) is 74.0. The van der Waals surface area contributed by atoms with E-state index < -0.39 is 0 Å². The number of hydrogen-bond donors (Lipinski definition) is 0. The van der Waals surface area contributed by atoms with E-state index >= 15 is 0 Å². The summed E-state index contributed by atoms with van der Waals surface area (Å²) in [5.74, 6) is 0. The van der Waals surface area contributed by atoms with E-state index in [2.05, 4.69) is 204 Å². The van der Waals surface area contributed by atoms with E-state index in [-0.39, 0.29) is 0 Å². The van der Waals surface area contributed by atoms with Crippen molar-refractivity contribution < 1.29 is 4.42 Å². The maximum absolute atomic E-state index is 6.21. The van der Waals surface area contributed by atoms with E-state index in [1.165, 1.54) is 54.8 Å². The first-order valence-electron chi connectivity index (χ1n) is 18.7. The summed E-state index contributed by atoms with van der Waals surface area (Å²) >= 11 is 0. The Hall–Kier alpha value is -7.36. The second kappa shape index (κ2) is 12.6. The van der Waals surface area contributed by atoms with Crippen molar-refractivity contribution in [3.05, 3.63) is 206 Å². The predicted molar refractivity (Wildman–Crippen MR) is 231 cm³/mol. The summed E-state index contributed by atoms with van der Waals surface area (Å²) in [6.45, 7) is 0. The Balaban J connectivity index is 1.000. The molecule has 0 spiro atoms. The number of nitrogens with zero attached hydrogens (tertiary/aromatic N) is 2. The van der Waals surface area contributed by atoms with Gasteiger partial charge in [-0.25, -0.2) is 0 Å². The molecule has 9 aromatic carbocycles. The monoisotopic (exact) mass is 702 g/mol. The molecular formula is C52H34N2O. The van der Waals surface area contributed by atoms with E-state index in [0.717, 1.165) is 44.7 Å². The third-order valence-corrected chi connectivity index (χ3v) is 11.0. The van der Waals surface area contributed by atoms with Gasteiger partial charge in [0.25, 0.3) is 0 Å². The molecule has 0 amide bonds. The number of anilines is 3. The quantitative estimate of drug-likeness (QED) is 0.172. The van der Waals surface area contributed by atoms with Gasteiger partial charge >= 0.3 is 0 Å². The fourth-order valence-corrected chi connectivity index (χ4v) is 8.28. The summed E-state index contributed by atoms with van der Waals surface area (Å²) in [5.41, 5.74) is 13.4. The van der Waals surface area contributed by atoms with Gasteiger partial charge in [0.15, 0.2) is 0 Å². The molecule has 0 radical (unpaired) electrons. The van der Waals surface area contributed by atoms with Gasteiger partial charge in [-0.2, -0.15) is 0 Å². The standard InChI is InChI=1S/C52H34N2O/c1-2-10-35(11-3-1)37-18-26-42(27-19-37)54-49-16-8-6-14-45(49)47-33-40(23-30-50(47)54)38-20-24-41(25-21-38)53(43-28-22-36-12-4-5-13-39(36)32-43)44-29-31-52-48(34-44)46-15-7-9-17-51(46)55-52/h1-34H. The highest BCUT2D eigenvalue weighted by Gasteiger charge is 2.17. The van der Waals surface area contributed by atoms with Crippen LogP contribution in [0.25, 0.3) is 82.5 Å². The van der Waals surface area contributed by atoms with Crippen LogP contribution >= 0.6 is 0 Å². The maximum Gasteiger partial charge on any atom is 0.135 e. The number of aromatic nitrogens is 1. The Morgan fingerprint density at radius 1 is 0.327 bits per heavy atom. The molecule has 3 heteroatoms. The number of furan rings is 1. The normalized spacial score (nSPS) is 11.6. The largest absolute Gasteiger partial charge is 0.456 e. The molecule has 3 nitrogen and oxygen atoms in total. The fraction of sp³-hybridized carbons (Fsp3) is 0. The summed E-state index contributed by atoms with van der Waals surface area (Å²) < 4.78 is 8.59. The number of rotatable bonds is 6. The van der Waals surface area contributed by atoms with Gasteiger partial charge in [0.1, 0.15) is 11.2 Å². The van der Waals surface area contributed by atoms with Crippen LogP contribution in [0.5, 0.6) is 0 Å². The van der Waals surface area contributed by atoms with E-state index in [9.17, 15) is 0 Å². The molecular weight excluding hydrogens is 669 g/mol. The van der Waals surface area contributed by atoms with Crippen molar-refractivity contribution in [2.75, 3.05) is 4.90 Å². The van der Waals surface area contributed by atoms with Crippen molar-refractivity contribution in [2.45, 2.75) is 0 Å². The van der Waals surface area contributed by atoms with Crippen molar-refractivity contribution in [3.8, 4) is 27.9 Å². The lowest BCUT2D eigenvalue weighted by molar-refractivity contribution is 0.669. The molecule has 0 saturated heterocycles. The maximum atomic E-state index is 6.21. The van der Waals surface area contributed by atoms with E-state index in [0.29, 0.717) is 0 Å². The van der Waals surface area contributed by atoms with Crippen LogP contribution in [0.15, 0.2) is 211 Å². The highest BCUT2D eigenvalue weighted by molar-refractivity contribution is 6.11. The first-order chi connectivity index (χ1) is 27.2. The zero-order valence-corrected chi connectivity index (χ0v) is 29.9. The van der Waals surface area contributed by atoms with Crippen LogP contribution in [0.4, 0.5) is 17.1 Å². The average Bonchev–Trinajstić information content (AvgIpc) is 3.79. The van der Waals surface area contributed by atoms with Crippen molar-refractivity contribution in [1.82, 2.24) is 4.57 Å². The molecule has 2 heterocycles. The minimum atomic E-state index is 0.889. The van der Waals surface area contributed by atoms with Crippen LogP contribution in [-0.4, -0.2) is 4.57 Å². The van der Waals surface area contributed by atoms with Crippen LogP contribution in [0, 0.1) is 0 Å². The molecule has 0 aliphatic carbocycles. The molecule has 0 atom stereocenters. The molecule has 0 unspecified atom stereocenters. The van der Waals surface area contributed by atoms with Gasteiger partial charge < -0.3 is 13.9 Å². The molecule has 0 aliphatic heterocycles. The van der Waals surface area contributed by atoms with Gasteiger partial charge in [0, 0.05) is 44.3 Å². The molecule has 55 heavy (non-hydrogen) atoms. The van der Waals surface area contributed by atoms with E-state index in [1.807, 2.05) is 12.1 Å². The number of para-hydroxylation sites is 2. The van der Waals surface area contributed by atoms with Gasteiger partial charge in [0.05, 0.1) is 11.0 Å². The van der Waals surface area contributed by atoms with Crippen molar-refractivity contribution >= 4 is 71.6 Å². The van der Waals surface area contributed by atoms with E-state index in [1.54, 1.807) is 0 Å². The number of benzene rings is 9. The van der Waals surface area contributed by atoms with Gasteiger partial charge in [-0.1, -0.05) is 127 Å². The Kier molecular flexibility index (Phi) is 7.17. The molecule has 11 aromatic rings. The Morgan fingerprint density at radius 3 is 1.76 bits per heavy atom. The minimum absolute atomic E-state index is 0.889. The lowest BCUT2D eigenvalue weighted by atomic mass is 10.0. The van der Waals surface area contributed by atoms with Crippen LogP contribution in [0.3, 0.4) is 0 Å². The second-order valence-corrected chi connectivity index (χ2v) is 14.2. The molecule has 0 saturated carbocycles. The molecule has 0 N–H and O–H groups in total. The van der Waals surface area contributed by atoms with Crippen molar-refractivity contribution in [2.24, 2.45) is 0 Å². The third kappa shape index (κ3) is 5.28. The predicted octanol–water partition coefficient (Wildman–Crippen LogP) is 14.6. The Bertz CT molecular complexity index is 3190. The van der Waals surface area contributed by atoms with Gasteiger partial charge in [0.2, 0.25) is 0 Å². The second-order valence-electron chi connectivity index (χ2n) is 14.2. The molecule has 2 aromatic heterocycles. The Morgan fingerprint density at radius 2 is 0.909 bits per heavy atom. The SMILES string of the molecule is c1ccc(-c2ccc(-n3c4ccccc4c4cc(-c5ccc(N(c6ccc7ccccc7c6)c6ccc7oc8ccccc8c7c6)cc5)ccc43)cc2)cc1. The topological polar surface area (TPSA) is 21.3 Å². The minimum Gasteiger partial charge on any atom is -0.456 e. The smallest absolute Gasteiger partial charge is 0.135 e. The first-order valence-corrected chi connectivity index (χ1v) is 18.7. The third-order valence-electron chi connectivity index (χ3n) is 11.0. The molecule has 258 valence electrons. The van der Waals surface area contributed by atoms with Gasteiger partial charge in [-0.3, -0.25) is 0 Å². The highest BCUT2D eigenvalue weighted by Crippen LogP contribution is 2.41. The summed E-state index contributed by atoms with van der Waals surface area (Å²) in [7, 11) is 0. The van der Waals surface area contributed by atoms with Crippen LogP contribution in [-0.2, 0) is 0 Å². The lowest BCUT2D eigenvalue weighted by Crippen LogP contribution is -2.09. The zero-order chi connectivity index (χ0) is 36.3. The number of fused-ring (bicyclic) bond motifs is 7. The molecule has 0 aliphatic rings.